The van der Waals surface area contributed by atoms with Gasteiger partial charge in [-0.3, -0.25) is 28.2 Å². The standard InChI is InChI=1S/C18H18FN2O11P/c1-28-11-4-2-3-9-7-29-33(27,32-13(9)11)30-8-18(19)14(24)12(23)16(31-18)21-5-10(6-22)15(25)20-17(21)26/h2-6,12,14,16,23-24H,7-8H2,1H3,(H,20,25,26)/t12-,14+,16-,18-,33?/m1/s1/i8D2,16D. The number of aromatic nitrogens is 2. The maximum absolute atomic E-state index is 15.9. The average molecular weight is 491 g/mol. The summed E-state index contributed by atoms with van der Waals surface area (Å²) in [5, 5.41) is 20.7. The second-order valence-corrected chi connectivity index (χ2v) is 8.28. The molecule has 0 bridgehead atoms. The lowest BCUT2D eigenvalue weighted by molar-refractivity contribution is -0.205. The Morgan fingerprint density at radius 1 is 1.48 bits per heavy atom. The second-order valence-electron chi connectivity index (χ2n) is 6.76. The molecule has 33 heavy (non-hydrogen) atoms. The van der Waals surface area contributed by atoms with Gasteiger partial charge in [-0.05, 0) is 6.07 Å². The van der Waals surface area contributed by atoms with Gasteiger partial charge in [0.25, 0.3) is 11.4 Å². The van der Waals surface area contributed by atoms with Gasteiger partial charge >= 0.3 is 13.5 Å². The number of ether oxygens (including phenoxy) is 2. The number of hydrogen-bond donors (Lipinski definition) is 3. The van der Waals surface area contributed by atoms with Crippen LogP contribution in [0.5, 0.6) is 11.5 Å². The van der Waals surface area contributed by atoms with Gasteiger partial charge in [0, 0.05) is 11.8 Å². The van der Waals surface area contributed by atoms with Crippen molar-refractivity contribution in [1.29, 1.82) is 0 Å². The van der Waals surface area contributed by atoms with E-state index in [1.807, 2.05) is 0 Å². The third kappa shape index (κ3) is 4.12. The van der Waals surface area contributed by atoms with Crippen molar-refractivity contribution in [2.45, 2.75) is 30.9 Å². The van der Waals surface area contributed by atoms with Crippen LogP contribution in [-0.4, -0.2) is 57.8 Å². The van der Waals surface area contributed by atoms with Gasteiger partial charge in [0.1, 0.15) is 18.8 Å². The van der Waals surface area contributed by atoms with E-state index < -0.39 is 62.1 Å². The van der Waals surface area contributed by atoms with Gasteiger partial charge in [0.15, 0.2) is 24.0 Å². The van der Waals surface area contributed by atoms with E-state index in [0.29, 0.717) is 11.8 Å². The van der Waals surface area contributed by atoms with E-state index in [0.717, 1.165) is 0 Å². The molecule has 2 aromatic rings. The fraction of sp³-hybridized carbons (Fsp3) is 0.389. The van der Waals surface area contributed by atoms with Crippen LogP contribution in [0.1, 0.15) is 26.2 Å². The van der Waals surface area contributed by atoms with Crippen LogP contribution >= 0.6 is 7.82 Å². The van der Waals surface area contributed by atoms with Crippen LogP contribution in [-0.2, 0) is 25.0 Å². The van der Waals surface area contributed by atoms with Crippen LogP contribution in [0.4, 0.5) is 4.39 Å². The van der Waals surface area contributed by atoms with Gasteiger partial charge in [-0.2, -0.15) is 0 Å². The molecule has 15 heteroatoms. The maximum Gasteiger partial charge on any atom is 0.530 e. The van der Waals surface area contributed by atoms with E-state index in [4.69, 9.17) is 22.6 Å². The summed E-state index contributed by atoms with van der Waals surface area (Å²) in [6.45, 7) is -4.39. The smallest absolute Gasteiger partial charge is 0.493 e. The largest absolute Gasteiger partial charge is 0.530 e. The molecule has 13 nitrogen and oxygen atoms in total. The Hall–Kier alpha value is -2.87. The monoisotopic (exact) mass is 491 g/mol. The number of phosphoric ester groups is 1. The molecule has 0 radical (unpaired) electrons. The number of carbonyl (C=O) groups is 1. The molecular weight excluding hydrogens is 470 g/mol. The molecule has 1 fully saturated rings. The number of nitrogens with zero attached hydrogens (tertiary/aromatic N) is 1. The Morgan fingerprint density at radius 2 is 2.24 bits per heavy atom. The Morgan fingerprint density at radius 3 is 2.94 bits per heavy atom. The first-order valence-corrected chi connectivity index (χ1v) is 10.5. The minimum atomic E-state index is -4.98. The SMILES string of the molecule is [2H]C([2H])(OP1(=O)OCc2cccc(OC)c2O1)[C@@]1(F)O[C@@]([2H])(n2cc(C=O)c(=O)[nH]c2=O)[C@H](O)[C@@H]1O. The fourth-order valence-electron chi connectivity index (χ4n) is 3.01. The van der Waals surface area contributed by atoms with Gasteiger partial charge in [-0.15, -0.1) is 0 Å². The number of aliphatic hydroxyl groups is 2. The predicted octanol–water partition coefficient (Wildman–Crippen LogP) is 0.00800. The second kappa shape index (κ2) is 8.48. The minimum Gasteiger partial charge on any atom is -0.493 e. The van der Waals surface area contributed by atoms with Gasteiger partial charge in [-0.1, -0.05) is 12.1 Å². The van der Waals surface area contributed by atoms with Gasteiger partial charge in [0.2, 0.25) is 0 Å². The van der Waals surface area contributed by atoms with Gasteiger partial charge in [0.05, 0.1) is 23.4 Å². The van der Waals surface area contributed by atoms with E-state index in [-0.39, 0.29) is 22.4 Å². The number of carbonyl (C=O) groups excluding carboxylic acids is 1. The molecule has 0 amide bonds. The molecule has 4 rings (SSSR count). The van der Waals surface area contributed by atoms with Crippen LogP contribution < -0.4 is 20.5 Å². The molecule has 178 valence electrons. The van der Waals surface area contributed by atoms with Crippen molar-refractivity contribution in [3.8, 4) is 11.5 Å². The third-order valence-electron chi connectivity index (χ3n) is 4.68. The summed E-state index contributed by atoms with van der Waals surface area (Å²) < 4.78 is 77.9. The number of fused-ring (bicyclic) bond motifs is 1. The summed E-state index contributed by atoms with van der Waals surface area (Å²) >= 11 is 0. The summed E-state index contributed by atoms with van der Waals surface area (Å²) in [7, 11) is -3.72. The van der Waals surface area contributed by atoms with E-state index in [1.165, 1.54) is 19.2 Å². The number of aliphatic hydroxyl groups excluding tert-OH is 2. The third-order valence-corrected chi connectivity index (χ3v) is 5.84. The summed E-state index contributed by atoms with van der Waals surface area (Å²) in [4.78, 5) is 36.5. The Balaban J connectivity index is 1.70. The summed E-state index contributed by atoms with van der Waals surface area (Å²) in [5.41, 5.74) is -3.04. The van der Waals surface area contributed by atoms with E-state index in [9.17, 15) is 29.2 Å². The molecule has 3 N–H and O–H groups in total. The lowest BCUT2D eigenvalue weighted by atomic mass is 10.1. The fourth-order valence-corrected chi connectivity index (χ4v) is 4.11. The van der Waals surface area contributed by atoms with Crippen molar-refractivity contribution in [2.24, 2.45) is 0 Å². The van der Waals surface area contributed by atoms with Crippen molar-refractivity contribution in [3.63, 3.8) is 0 Å². The molecule has 1 saturated heterocycles. The highest BCUT2D eigenvalue weighted by Gasteiger charge is 2.57. The van der Waals surface area contributed by atoms with Crippen LogP contribution in [0.3, 0.4) is 0 Å². The zero-order valence-electron chi connectivity index (χ0n) is 19.6. The highest BCUT2D eigenvalue weighted by atomic mass is 31.2. The van der Waals surface area contributed by atoms with E-state index >= 15 is 4.39 Å². The van der Waals surface area contributed by atoms with E-state index in [2.05, 4.69) is 4.52 Å². The number of H-pyrrole nitrogens is 1. The number of nitrogens with one attached hydrogen (secondary N) is 1. The van der Waals surface area contributed by atoms with E-state index in [1.54, 1.807) is 11.1 Å². The number of para-hydroxylation sites is 1. The lowest BCUT2D eigenvalue weighted by Crippen LogP contribution is -2.43. The van der Waals surface area contributed by atoms with Crippen molar-refractivity contribution >= 4 is 14.1 Å². The quantitative estimate of drug-likeness (QED) is 0.366. The van der Waals surface area contributed by atoms with Gasteiger partial charge < -0.3 is 24.2 Å². The first-order valence-electron chi connectivity index (χ1n) is 10.6. The van der Waals surface area contributed by atoms with Crippen LogP contribution in [0, 0.1) is 0 Å². The lowest BCUT2D eigenvalue weighted by Gasteiger charge is -2.28. The van der Waals surface area contributed by atoms with Crippen molar-refractivity contribution in [2.75, 3.05) is 13.7 Å². The first kappa shape index (κ1) is 19.6. The molecule has 1 aromatic heterocycles. The topological polar surface area (TPSA) is 176 Å². The van der Waals surface area contributed by atoms with Crippen LogP contribution in [0.25, 0.3) is 0 Å². The van der Waals surface area contributed by atoms with Crippen LogP contribution in [0.2, 0.25) is 0 Å². The highest BCUT2D eigenvalue weighted by molar-refractivity contribution is 7.49. The molecule has 0 saturated carbocycles. The first-order chi connectivity index (χ1) is 16.7. The summed E-state index contributed by atoms with van der Waals surface area (Å²) in [6.07, 6.45) is -8.53. The summed E-state index contributed by atoms with van der Waals surface area (Å²) in [6, 6.07) is 4.49. The minimum absolute atomic E-state index is 0.0174. The molecule has 0 spiro atoms. The molecule has 2 aliphatic rings. The molecule has 3 heterocycles. The van der Waals surface area contributed by atoms with Crippen molar-refractivity contribution in [3.05, 3.63) is 56.4 Å². The number of alkyl halides is 1. The summed E-state index contributed by atoms with van der Waals surface area (Å²) in [5.74, 6) is -4.26. The number of hydrogen-bond acceptors (Lipinski definition) is 11. The normalized spacial score (nSPS) is 35.0. The number of benzene rings is 1. The molecule has 2 aliphatic heterocycles. The molecule has 1 unspecified atom stereocenters. The molecular formula is C18H18FN2O11P. The predicted molar refractivity (Wildman–Crippen MR) is 105 cm³/mol. The zero-order chi connectivity index (χ0) is 26.7. The van der Waals surface area contributed by atoms with Crippen molar-refractivity contribution < 1.29 is 51.1 Å². The maximum atomic E-state index is 15.9. The van der Waals surface area contributed by atoms with Crippen LogP contribution in [0.15, 0.2) is 34.0 Å². The average Bonchev–Trinajstić information content (AvgIpc) is 2.99. The zero-order valence-corrected chi connectivity index (χ0v) is 17.5. The Bertz CT molecular complexity index is 1370. The number of halogens is 1. The molecule has 5 atom stereocenters. The number of aromatic amines is 1. The Kier molecular flexibility index (Phi) is 5.03. The molecule has 0 aliphatic carbocycles. The highest BCUT2D eigenvalue weighted by Crippen LogP contribution is 2.57. The Labute approximate surface area is 188 Å². The van der Waals surface area contributed by atoms with Crippen molar-refractivity contribution in [1.82, 2.24) is 9.55 Å². The number of rotatable bonds is 6. The number of aldehydes is 1. The number of phosphoric acid groups is 1. The van der Waals surface area contributed by atoms with Gasteiger partial charge in [-0.25, -0.2) is 13.8 Å². The number of methoxy groups -OCH3 is 1. The molecule has 1 aromatic carbocycles.